The van der Waals surface area contributed by atoms with Crippen LogP contribution >= 0.6 is 12.4 Å². The van der Waals surface area contributed by atoms with E-state index in [-0.39, 0.29) is 30.3 Å². The number of guanidine groups is 1. The number of nitro groups is 2. The summed E-state index contributed by atoms with van der Waals surface area (Å²) in [5, 5.41) is 35.4. The number of rotatable bonds is 7. The summed E-state index contributed by atoms with van der Waals surface area (Å²) in [4.78, 5) is 19.8. The van der Waals surface area contributed by atoms with Crippen LogP contribution in [0.5, 0.6) is 0 Å². The second kappa shape index (κ2) is 9.62. The normalized spacial score (nSPS) is 11.6. The maximum absolute atomic E-state index is 10.6. The lowest BCUT2D eigenvalue weighted by Crippen LogP contribution is -2.03. The molecule has 142 valence electrons. The van der Waals surface area contributed by atoms with E-state index >= 15 is 0 Å². The molecule has 0 aromatic carbocycles. The molecule has 0 aliphatic carbocycles. The molecule has 0 amide bonds. The molecule has 0 bridgehead atoms. The number of nitrogens with one attached hydrogen (secondary N) is 1. The van der Waals surface area contributed by atoms with E-state index in [0.29, 0.717) is 5.76 Å². The first-order valence-corrected chi connectivity index (χ1v) is 6.96. The van der Waals surface area contributed by atoms with E-state index in [0.717, 1.165) is 0 Å². The maximum Gasteiger partial charge on any atom is 0.433 e. The van der Waals surface area contributed by atoms with E-state index in [1.165, 1.54) is 42.5 Å². The zero-order chi connectivity index (χ0) is 19.1. The number of azo groups is 1. The molecule has 2 heterocycles. The standard InChI is InChI=1S/C14H12N6O6.ClH/c15-14(16)18-17-9(1-3-10-5-7-12(25-10)19(21)22)2-4-11-6-8-13(26-11)20(23)24;/h1-3,5-8H,4H2,(H3,15,16);1H. The van der Waals surface area contributed by atoms with Crippen LogP contribution in [0.2, 0.25) is 0 Å². The summed E-state index contributed by atoms with van der Waals surface area (Å²) in [6.07, 6.45) is 4.50. The van der Waals surface area contributed by atoms with Gasteiger partial charge in [0.1, 0.15) is 21.4 Å². The Morgan fingerprint density at radius 3 is 2.30 bits per heavy atom. The van der Waals surface area contributed by atoms with Gasteiger partial charge in [0.05, 0.1) is 17.8 Å². The van der Waals surface area contributed by atoms with Crippen molar-refractivity contribution in [2.75, 3.05) is 0 Å². The average molecular weight is 397 g/mol. The highest BCUT2D eigenvalue weighted by Gasteiger charge is 2.11. The number of furan rings is 2. The first kappa shape index (κ1) is 21.2. The highest BCUT2D eigenvalue weighted by molar-refractivity contribution is 5.85. The summed E-state index contributed by atoms with van der Waals surface area (Å²) >= 11 is 0. The second-order valence-electron chi connectivity index (χ2n) is 4.68. The monoisotopic (exact) mass is 396 g/mol. The lowest BCUT2D eigenvalue weighted by molar-refractivity contribution is -0.402. The third kappa shape index (κ3) is 6.55. The molecule has 12 nitrogen and oxygen atoms in total. The number of nitrogens with zero attached hydrogens (tertiary/aromatic N) is 4. The molecule has 0 aliphatic rings. The summed E-state index contributed by atoms with van der Waals surface area (Å²) in [7, 11) is 0. The van der Waals surface area contributed by atoms with Crippen LogP contribution in [0.25, 0.3) is 6.08 Å². The van der Waals surface area contributed by atoms with Gasteiger partial charge in [0.25, 0.3) is 0 Å². The summed E-state index contributed by atoms with van der Waals surface area (Å²) in [6, 6.07) is 5.25. The van der Waals surface area contributed by atoms with Gasteiger partial charge in [0, 0.05) is 6.42 Å². The van der Waals surface area contributed by atoms with Gasteiger partial charge in [-0.05, 0) is 30.4 Å². The van der Waals surface area contributed by atoms with E-state index in [2.05, 4.69) is 10.2 Å². The molecule has 2 aromatic rings. The summed E-state index contributed by atoms with van der Waals surface area (Å²) in [6.45, 7) is 0. The molecule has 0 fully saturated rings. The Balaban J connectivity index is 0.00000364. The van der Waals surface area contributed by atoms with Crippen LogP contribution in [0, 0.1) is 25.6 Å². The van der Waals surface area contributed by atoms with Crippen LogP contribution in [0.15, 0.2) is 61.2 Å². The molecule has 0 spiro atoms. The predicted molar refractivity (Wildman–Crippen MR) is 95.6 cm³/mol. The Labute approximate surface area is 157 Å². The first-order chi connectivity index (χ1) is 12.3. The molecular weight excluding hydrogens is 384 g/mol. The zero-order valence-electron chi connectivity index (χ0n) is 13.5. The largest absolute Gasteiger partial charge is 0.433 e. The minimum absolute atomic E-state index is 0. The van der Waals surface area contributed by atoms with E-state index in [9.17, 15) is 20.2 Å². The lowest BCUT2D eigenvalue weighted by atomic mass is 10.2. The van der Waals surface area contributed by atoms with Crippen LogP contribution in [0.3, 0.4) is 0 Å². The van der Waals surface area contributed by atoms with E-state index in [4.69, 9.17) is 20.0 Å². The average Bonchev–Trinajstić information content (AvgIpc) is 3.23. The summed E-state index contributed by atoms with van der Waals surface area (Å²) in [5.74, 6) is -0.808. The third-order valence-electron chi connectivity index (χ3n) is 2.82. The zero-order valence-corrected chi connectivity index (χ0v) is 14.3. The highest BCUT2D eigenvalue weighted by Crippen LogP contribution is 2.19. The van der Waals surface area contributed by atoms with Crippen molar-refractivity contribution in [3.63, 3.8) is 0 Å². The number of halogens is 1. The van der Waals surface area contributed by atoms with Gasteiger partial charge in [-0.25, -0.2) is 0 Å². The first-order valence-electron chi connectivity index (χ1n) is 6.96. The van der Waals surface area contributed by atoms with Crippen LogP contribution in [-0.4, -0.2) is 15.8 Å². The van der Waals surface area contributed by atoms with Gasteiger partial charge < -0.3 is 14.6 Å². The Morgan fingerprint density at radius 2 is 1.74 bits per heavy atom. The van der Waals surface area contributed by atoms with E-state index in [1.807, 2.05) is 0 Å². The van der Waals surface area contributed by atoms with E-state index < -0.39 is 27.6 Å². The van der Waals surface area contributed by atoms with Gasteiger partial charge in [-0.2, -0.15) is 0 Å². The highest BCUT2D eigenvalue weighted by atomic mass is 35.5. The van der Waals surface area contributed by atoms with Gasteiger partial charge in [0.2, 0.25) is 5.96 Å². The topological polar surface area (TPSA) is 187 Å². The smallest absolute Gasteiger partial charge is 0.406 e. The number of allylic oxidation sites excluding steroid dienone is 2. The fraction of sp³-hybridized carbons (Fsp3) is 0.0714. The molecule has 2 aromatic heterocycles. The maximum atomic E-state index is 10.6. The van der Waals surface area contributed by atoms with Crippen LogP contribution in [0.4, 0.5) is 11.8 Å². The number of nitrogens with two attached hydrogens (primary N) is 1. The summed E-state index contributed by atoms with van der Waals surface area (Å²) in [5.41, 5.74) is 5.35. The third-order valence-corrected chi connectivity index (χ3v) is 2.82. The predicted octanol–water partition coefficient (Wildman–Crippen LogP) is 3.60. The quantitative estimate of drug-likeness (QED) is 0.178. The fourth-order valence-corrected chi connectivity index (χ4v) is 1.73. The van der Waals surface area contributed by atoms with Crippen molar-refractivity contribution < 1.29 is 18.7 Å². The molecule has 27 heavy (non-hydrogen) atoms. The van der Waals surface area contributed by atoms with Gasteiger partial charge in [-0.3, -0.25) is 25.6 Å². The Hall–Kier alpha value is -3.80. The SMILES string of the molecule is Cl.N=C(N)N=NC(C=Cc1ccc([N+](=O)[O-])o1)=CCc1ccc([N+](=O)[O-])o1. The minimum Gasteiger partial charge on any atom is -0.406 e. The van der Waals surface area contributed by atoms with Gasteiger partial charge in [-0.15, -0.1) is 22.6 Å². The molecule has 0 aliphatic heterocycles. The molecule has 0 saturated heterocycles. The van der Waals surface area contributed by atoms with Gasteiger partial charge >= 0.3 is 11.8 Å². The Kier molecular flexibility index (Phi) is 7.57. The summed E-state index contributed by atoms with van der Waals surface area (Å²) < 4.78 is 9.98. The molecule has 0 atom stereocenters. The molecule has 0 unspecified atom stereocenters. The van der Waals surface area contributed by atoms with Crippen LogP contribution in [-0.2, 0) is 6.42 Å². The Bertz CT molecular complexity index is 928. The number of hydrogen-bond donors (Lipinski definition) is 2. The molecule has 13 heteroatoms. The van der Waals surface area contributed by atoms with Gasteiger partial charge in [0.15, 0.2) is 0 Å². The van der Waals surface area contributed by atoms with Crippen molar-refractivity contribution in [2.45, 2.75) is 6.42 Å². The fourth-order valence-electron chi connectivity index (χ4n) is 1.73. The molecule has 0 radical (unpaired) electrons. The van der Waals surface area contributed by atoms with Crippen LogP contribution in [0.1, 0.15) is 11.5 Å². The van der Waals surface area contributed by atoms with Gasteiger partial charge in [-0.1, -0.05) is 0 Å². The van der Waals surface area contributed by atoms with Crippen LogP contribution < -0.4 is 5.73 Å². The van der Waals surface area contributed by atoms with Crippen molar-refractivity contribution in [3.8, 4) is 0 Å². The second-order valence-corrected chi connectivity index (χ2v) is 4.68. The number of hydrogen-bond acceptors (Lipinski definition) is 8. The molecular formula is C14H13ClN6O6. The van der Waals surface area contributed by atoms with Crippen molar-refractivity contribution in [2.24, 2.45) is 16.0 Å². The van der Waals surface area contributed by atoms with Crippen molar-refractivity contribution in [1.82, 2.24) is 0 Å². The Morgan fingerprint density at radius 1 is 1.11 bits per heavy atom. The minimum atomic E-state index is -0.673. The molecule has 3 N–H and O–H groups in total. The van der Waals surface area contributed by atoms with Crippen molar-refractivity contribution in [3.05, 3.63) is 73.9 Å². The van der Waals surface area contributed by atoms with Crippen molar-refractivity contribution in [1.29, 1.82) is 5.41 Å². The van der Waals surface area contributed by atoms with E-state index in [1.54, 1.807) is 0 Å². The van der Waals surface area contributed by atoms with Crippen molar-refractivity contribution >= 4 is 36.2 Å². The molecule has 2 rings (SSSR count). The molecule has 0 saturated carbocycles. The lowest BCUT2D eigenvalue weighted by Gasteiger charge is -1.93.